The maximum absolute atomic E-state index is 11.9. The molecule has 256 valence electrons. The van der Waals surface area contributed by atoms with Crippen molar-refractivity contribution < 1.29 is 9.53 Å². The Bertz CT molecular complexity index is 540. The summed E-state index contributed by atoms with van der Waals surface area (Å²) in [5, 5.41) is 0. The molecule has 0 aromatic carbocycles. The molecule has 0 saturated carbocycles. The molecule has 0 heterocycles. The molecule has 43 heavy (non-hydrogen) atoms. The van der Waals surface area contributed by atoms with Gasteiger partial charge >= 0.3 is 5.97 Å². The van der Waals surface area contributed by atoms with Gasteiger partial charge in [0.1, 0.15) is 0 Å². The Morgan fingerprint density at radius 3 is 1.00 bits per heavy atom. The molecular weight excluding hydrogens is 524 g/mol. The highest BCUT2D eigenvalue weighted by Crippen LogP contribution is 2.15. The third-order valence-electron chi connectivity index (χ3n) is 9.15. The topological polar surface area (TPSA) is 26.3 Å². The van der Waals surface area contributed by atoms with Crippen LogP contribution in [0, 0.1) is 0 Å². The molecule has 0 fully saturated rings. The number of ether oxygens (including phenoxy) is 1. The monoisotopic (exact) mass is 605 g/mol. The van der Waals surface area contributed by atoms with Crippen LogP contribution in [0.15, 0.2) is 12.2 Å². The highest BCUT2D eigenvalue weighted by molar-refractivity contribution is 5.69. The van der Waals surface area contributed by atoms with Crippen LogP contribution in [0.1, 0.15) is 239 Å². The summed E-state index contributed by atoms with van der Waals surface area (Å²) < 4.78 is 5.44. The van der Waals surface area contributed by atoms with Gasteiger partial charge in [-0.2, -0.15) is 0 Å². The average molecular weight is 605 g/mol. The maximum atomic E-state index is 11.9. The number of carbonyl (C=O) groups is 1. The lowest BCUT2D eigenvalue weighted by atomic mass is 10.0. The number of hydrogen-bond donors (Lipinski definition) is 0. The lowest BCUT2D eigenvalue weighted by molar-refractivity contribution is -0.143. The molecule has 0 unspecified atom stereocenters. The first-order valence-corrected chi connectivity index (χ1v) is 20.1. The van der Waals surface area contributed by atoms with E-state index < -0.39 is 0 Å². The summed E-state index contributed by atoms with van der Waals surface area (Å²) in [6.45, 7) is 5.21. The van der Waals surface area contributed by atoms with Crippen molar-refractivity contribution in [1.82, 2.24) is 0 Å². The predicted octanol–water partition coefficient (Wildman–Crippen LogP) is 14.8. The summed E-state index contributed by atoms with van der Waals surface area (Å²) in [6, 6.07) is 0. The van der Waals surface area contributed by atoms with Crippen LogP contribution in [-0.4, -0.2) is 12.6 Å². The van der Waals surface area contributed by atoms with Crippen LogP contribution in [0.25, 0.3) is 0 Å². The van der Waals surface area contributed by atoms with Crippen LogP contribution in [0.4, 0.5) is 0 Å². The van der Waals surface area contributed by atoms with Crippen molar-refractivity contribution >= 4 is 5.97 Å². The maximum Gasteiger partial charge on any atom is 0.305 e. The van der Waals surface area contributed by atoms with Gasteiger partial charge in [0.2, 0.25) is 0 Å². The van der Waals surface area contributed by atoms with Crippen LogP contribution in [-0.2, 0) is 9.53 Å². The number of unbranched alkanes of at least 4 members (excludes halogenated alkanes) is 31. The minimum absolute atomic E-state index is 0.0160. The Morgan fingerprint density at radius 1 is 0.372 bits per heavy atom. The van der Waals surface area contributed by atoms with Crippen LogP contribution in [0.3, 0.4) is 0 Å². The van der Waals surface area contributed by atoms with E-state index in [-0.39, 0.29) is 5.97 Å². The molecule has 0 spiro atoms. The van der Waals surface area contributed by atoms with Crippen molar-refractivity contribution in [2.75, 3.05) is 6.61 Å². The summed E-state index contributed by atoms with van der Waals surface area (Å²) in [5.41, 5.74) is 0. The zero-order chi connectivity index (χ0) is 31.2. The minimum atomic E-state index is 0.0160. The Morgan fingerprint density at radius 2 is 0.651 bits per heavy atom. The van der Waals surface area contributed by atoms with E-state index in [2.05, 4.69) is 26.0 Å². The fraction of sp³-hybridized carbons (Fsp3) is 0.927. The van der Waals surface area contributed by atoms with E-state index in [4.69, 9.17) is 4.74 Å². The van der Waals surface area contributed by atoms with Gasteiger partial charge in [0.05, 0.1) is 6.61 Å². The van der Waals surface area contributed by atoms with Gasteiger partial charge in [0.15, 0.2) is 0 Å². The van der Waals surface area contributed by atoms with Crippen molar-refractivity contribution in [3.05, 3.63) is 12.2 Å². The highest BCUT2D eigenvalue weighted by Gasteiger charge is 2.02. The summed E-state index contributed by atoms with van der Waals surface area (Å²) in [7, 11) is 0. The van der Waals surface area contributed by atoms with Crippen LogP contribution in [0.5, 0.6) is 0 Å². The number of carbonyl (C=O) groups excluding carboxylic acids is 1. The van der Waals surface area contributed by atoms with Crippen LogP contribution < -0.4 is 0 Å². The molecule has 0 rings (SSSR count). The lowest BCUT2D eigenvalue weighted by Gasteiger charge is -2.05. The predicted molar refractivity (Wildman–Crippen MR) is 193 cm³/mol. The molecule has 0 aromatic rings. The van der Waals surface area contributed by atoms with Gasteiger partial charge in [0.25, 0.3) is 0 Å². The van der Waals surface area contributed by atoms with E-state index in [1.54, 1.807) is 0 Å². The first-order chi connectivity index (χ1) is 21.3. The Kier molecular flexibility index (Phi) is 38.5. The number of allylic oxidation sites excluding steroid dienone is 2. The van der Waals surface area contributed by atoms with Gasteiger partial charge in [0, 0.05) is 6.42 Å². The fourth-order valence-electron chi connectivity index (χ4n) is 6.13. The standard InChI is InChI=1S/C41H80O2/c1-3-5-7-9-11-13-15-17-18-19-20-21-22-23-24-25-26-27-29-31-33-35-37-39-41(42)43-40-38-36-34-32-30-28-16-14-12-10-8-6-4-2/h26-27H,3-25,28-40H2,1-2H3/b27-26-. The second-order valence-electron chi connectivity index (χ2n) is 13.6. The number of esters is 1. The highest BCUT2D eigenvalue weighted by atomic mass is 16.5. The zero-order valence-electron chi connectivity index (χ0n) is 29.9. The van der Waals surface area contributed by atoms with Crippen molar-refractivity contribution in [3.63, 3.8) is 0 Å². The van der Waals surface area contributed by atoms with Gasteiger partial charge in [-0.25, -0.2) is 0 Å². The average Bonchev–Trinajstić information content (AvgIpc) is 3.01. The molecule has 0 bridgehead atoms. The molecule has 0 saturated heterocycles. The second kappa shape index (κ2) is 39.2. The molecule has 0 aliphatic heterocycles. The van der Waals surface area contributed by atoms with Gasteiger partial charge in [-0.15, -0.1) is 0 Å². The van der Waals surface area contributed by atoms with Gasteiger partial charge in [-0.05, 0) is 38.5 Å². The van der Waals surface area contributed by atoms with E-state index >= 15 is 0 Å². The van der Waals surface area contributed by atoms with Crippen LogP contribution >= 0.6 is 0 Å². The lowest BCUT2D eigenvalue weighted by Crippen LogP contribution is -2.05. The normalized spacial score (nSPS) is 11.6. The molecule has 2 nitrogen and oxygen atoms in total. The van der Waals surface area contributed by atoms with Crippen molar-refractivity contribution in [2.45, 2.75) is 239 Å². The smallest absolute Gasteiger partial charge is 0.305 e. The summed E-state index contributed by atoms with van der Waals surface area (Å²) >= 11 is 0. The molecule has 0 atom stereocenters. The summed E-state index contributed by atoms with van der Waals surface area (Å²) in [4.78, 5) is 11.9. The number of hydrogen-bond acceptors (Lipinski definition) is 2. The first kappa shape index (κ1) is 42.2. The first-order valence-electron chi connectivity index (χ1n) is 20.1. The van der Waals surface area contributed by atoms with Crippen molar-refractivity contribution in [3.8, 4) is 0 Å². The molecule has 0 radical (unpaired) electrons. The fourth-order valence-corrected chi connectivity index (χ4v) is 6.13. The van der Waals surface area contributed by atoms with E-state index in [1.807, 2.05) is 0 Å². The van der Waals surface area contributed by atoms with Gasteiger partial charge < -0.3 is 4.74 Å². The Labute approximate surface area is 272 Å². The van der Waals surface area contributed by atoms with E-state index in [0.717, 1.165) is 19.3 Å². The van der Waals surface area contributed by atoms with Crippen molar-refractivity contribution in [2.24, 2.45) is 0 Å². The van der Waals surface area contributed by atoms with Gasteiger partial charge in [-0.3, -0.25) is 4.79 Å². The molecule has 0 aromatic heterocycles. The quantitative estimate of drug-likeness (QED) is 0.0400. The number of rotatable bonds is 37. The van der Waals surface area contributed by atoms with E-state index in [0.29, 0.717) is 13.0 Å². The Balaban J connectivity index is 3.19. The molecule has 0 aliphatic rings. The third-order valence-corrected chi connectivity index (χ3v) is 9.15. The Hall–Kier alpha value is -0.790. The summed E-state index contributed by atoms with van der Waals surface area (Å²) in [5.74, 6) is 0.0160. The molecule has 0 amide bonds. The molecule has 2 heteroatoms. The van der Waals surface area contributed by atoms with Crippen LogP contribution in [0.2, 0.25) is 0 Å². The largest absolute Gasteiger partial charge is 0.466 e. The minimum Gasteiger partial charge on any atom is -0.466 e. The van der Waals surface area contributed by atoms with Gasteiger partial charge in [-0.1, -0.05) is 206 Å². The second-order valence-corrected chi connectivity index (χ2v) is 13.6. The molecule has 0 aliphatic carbocycles. The summed E-state index contributed by atoms with van der Waals surface area (Å²) in [6.07, 6.45) is 51.6. The van der Waals surface area contributed by atoms with E-state index in [1.165, 1.54) is 199 Å². The molecular formula is C41H80O2. The zero-order valence-corrected chi connectivity index (χ0v) is 29.9. The van der Waals surface area contributed by atoms with Crippen molar-refractivity contribution in [1.29, 1.82) is 0 Å². The molecule has 0 N–H and O–H groups in total. The van der Waals surface area contributed by atoms with E-state index in [9.17, 15) is 4.79 Å². The third kappa shape index (κ3) is 39.2. The SMILES string of the molecule is CCCCCCCCCCCCCCCCC/C=C\CCCCCCC(=O)OCCCCCCCCCCCCCCC.